The van der Waals surface area contributed by atoms with E-state index in [0.717, 1.165) is 44.6 Å². The van der Waals surface area contributed by atoms with Gasteiger partial charge in [-0.3, -0.25) is 4.39 Å². The van der Waals surface area contributed by atoms with Crippen molar-refractivity contribution in [1.29, 1.82) is 0 Å². The van der Waals surface area contributed by atoms with Gasteiger partial charge >= 0.3 is 60.7 Å². The summed E-state index contributed by atoms with van der Waals surface area (Å²) in [5.41, 5.74) is 0. The van der Waals surface area contributed by atoms with Gasteiger partial charge < -0.3 is 61.0 Å². The van der Waals surface area contributed by atoms with Crippen molar-refractivity contribution in [3.05, 3.63) is 0 Å². The van der Waals surface area contributed by atoms with E-state index in [-0.39, 0.29) is 6.67 Å². The molecule has 1 rings (SSSR count). The van der Waals surface area contributed by atoms with Gasteiger partial charge in [-0.1, -0.05) is 0 Å². The Labute approximate surface area is 322 Å². The highest BCUT2D eigenvalue weighted by atomic mass is 28.5. The maximum Gasteiger partial charge on any atom is 0.500 e. The Kier molecular flexibility index (Phi) is 24.1. The van der Waals surface area contributed by atoms with Gasteiger partial charge in [0.2, 0.25) is 0 Å². The molecule has 2 atom stereocenters. The molecular weight excluding hydrogens is 800 g/mol. The van der Waals surface area contributed by atoms with Crippen LogP contribution in [0.2, 0.25) is 68.5 Å². The summed E-state index contributed by atoms with van der Waals surface area (Å²) in [5, 5.41) is 0. The first-order chi connectivity index (χ1) is 24.6. The maximum absolute atomic E-state index is 12.5. The third-order valence-corrected chi connectivity index (χ3v) is 37.1. The molecule has 2 unspecified atom stereocenters. The van der Waals surface area contributed by atoms with Gasteiger partial charge in [0, 0.05) is 95.3 Å². The molecule has 0 aromatic carbocycles. The minimum absolute atomic E-state index is 0.289. The Hall–Kier alpha value is 0.888. The highest BCUT2D eigenvalue weighted by Crippen LogP contribution is 2.40. The van der Waals surface area contributed by atoms with Crippen LogP contribution in [0.15, 0.2) is 0 Å². The minimum atomic E-state index is -2.96. The Morgan fingerprint density at radius 2 is 0.654 bits per heavy atom. The van der Waals surface area contributed by atoms with Crippen molar-refractivity contribution in [2.75, 3.05) is 83.9 Å². The van der Waals surface area contributed by atoms with E-state index in [4.69, 9.17) is 61.0 Å². The average molecular weight is 874 g/mol. The molecule has 52 heavy (non-hydrogen) atoms. The van der Waals surface area contributed by atoms with Crippen molar-refractivity contribution >= 4 is 60.7 Å². The lowest BCUT2D eigenvalue weighted by Gasteiger charge is -2.50. The second-order valence-corrected chi connectivity index (χ2v) is 37.5. The van der Waals surface area contributed by atoms with Crippen LogP contribution in [-0.2, 0) is 61.0 Å². The van der Waals surface area contributed by atoms with E-state index in [9.17, 15) is 4.39 Å². The molecule has 0 amide bonds. The number of rotatable bonds is 30. The summed E-state index contributed by atoms with van der Waals surface area (Å²) in [6.45, 7) is 9.48. The topological polar surface area (TPSA) is 129 Å². The van der Waals surface area contributed by atoms with E-state index in [1.54, 1.807) is 64.0 Å². The number of halogens is 1. The first-order valence-electron chi connectivity index (χ1n) is 18.5. The first-order valence-corrected chi connectivity index (χ1v) is 34.4. The number of alkyl halides is 1. The summed E-state index contributed by atoms with van der Waals surface area (Å²) in [5.74, 6) is 0. The van der Waals surface area contributed by atoms with E-state index in [1.807, 2.05) is 0 Å². The van der Waals surface area contributed by atoms with E-state index in [1.165, 1.54) is 0 Å². The molecule has 312 valence electrons. The number of hydrogen-bond donors (Lipinski definition) is 0. The average Bonchev–Trinajstić information content (AvgIpc) is 3.11. The molecule has 0 aromatic rings. The van der Waals surface area contributed by atoms with Crippen LogP contribution < -0.4 is 0 Å². The molecular formula is C30H73FO14Si7. The van der Waals surface area contributed by atoms with Gasteiger partial charge in [0.15, 0.2) is 0 Å². The zero-order valence-electron chi connectivity index (χ0n) is 34.6. The van der Waals surface area contributed by atoms with Crippen molar-refractivity contribution in [3.8, 4) is 0 Å². The third-order valence-electron chi connectivity index (χ3n) is 9.71. The molecule has 0 aliphatic carbocycles. The van der Waals surface area contributed by atoms with Crippen molar-refractivity contribution in [3.63, 3.8) is 0 Å². The van der Waals surface area contributed by atoms with Crippen LogP contribution in [0.25, 0.3) is 0 Å². The largest absolute Gasteiger partial charge is 0.500 e. The normalized spacial score (nSPS) is 26.4. The van der Waals surface area contributed by atoms with Crippen LogP contribution in [-0.4, -0.2) is 145 Å². The molecule has 14 nitrogen and oxygen atoms in total. The molecule has 0 N–H and O–H groups in total. The first kappa shape index (κ1) is 50.9. The number of unbranched alkanes of at least 4 members (excludes halogenated alkanes) is 2. The van der Waals surface area contributed by atoms with Crippen LogP contribution in [0, 0.1) is 0 Å². The molecule has 1 aliphatic heterocycles. The second-order valence-electron chi connectivity index (χ2n) is 13.9. The zero-order chi connectivity index (χ0) is 39.4. The zero-order valence-corrected chi connectivity index (χ0v) is 41.6. The monoisotopic (exact) mass is 872 g/mol. The quantitative estimate of drug-likeness (QED) is 0.0561. The molecule has 1 heterocycles. The fourth-order valence-electron chi connectivity index (χ4n) is 6.94. The summed E-state index contributed by atoms with van der Waals surface area (Å²) in [7, 11) is -5.50. The van der Waals surface area contributed by atoms with E-state index >= 15 is 0 Å². The minimum Gasteiger partial charge on any atom is -0.416 e. The highest BCUT2D eigenvalue weighted by Gasteiger charge is 2.57. The summed E-state index contributed by atoms with van der Waals surface area (Å²) >= 11 is 0. The molecule has 0 bridgehead atoms. The van der Waals surface area contributed by atoms with Crippen LogP contribution >= 0.6 is 0 Å². The van der Waals surface area contributed by atoms with Gasteiger partial charge in [-0.05, 0) is 95.3 Å². The Morgan fingerprint density at radius 3 is 0.923 bits per heavy atom. The van der Waals surface area contributed by atoms with Gasteiger partial charge in [-0.15, -0.1) is 0 Å². The fraction of sp³-hybridized carbons (Fsp3) is 1.00. The molecule has 22 heteroatoms. The lowest BCUT2D eigenvalue weighted by atomic mass is 10.2. The Bertz CT molecular complexity index is 889. The van der Waals surface area contributed by atoms with E-state index in [0.29, 0.717) is 55.9 Å². The van der Waals surface area contributed by atoms with Gasteiger partial charge in [-0.2, -0.15) is 0 Å². The fourth-order valence-corrected chi connectivity index (χ4v) is 36.5. The van der Waals surface area contributed by atoms with E-state index < -0.39 is 60.7 Å². The van der Waals surface area contributed by atoms with Crippen LogP contribution in [0.3, 0.4) is 0 Å². The third kappa shape index (κ3) is 16.8. The molecule has 0 spiro atoms. The smallest absolute Gasteiger partial charge is 0.416 e. The summed E-state index contributed by atoms with van der Waals surface area (Å²) in [6, 6.07) is 4.66. The lowest BCUT2D eigenvalue weighted by Crippen LogP contribution is -2.67. The second kappa shape index (κ2) is 24.6. The Balaban J connectivity index is 3.48. The van der Waals surface area contributed by atoms with Crippen molar-refractivity contribution in [2.45, 2.75) is 113 Å². The lowest BCUT2D eigenvalue weighted by molar-refractivity contribution is 0.122. The Morgan fingerprint density at radius 1 is 0.385 bits per heavy atom. The van der Waals surface area contributed by atoms with Crippen molar-refractivity contribution in [1.82, 2.24) is 0 Å². The summed E-state index contributed by atoms with van der Waals surface area (Å²) < 4.78 is 99.5. The highest BCUT2D eigenvalue weighted by molar-refractivity contribution is 6.94. The number of ether oxygens (including phenoxy) is 1. The van der Waals surface area contributed by atoms with Crippen molar-refractivity contribution < 1.29 is 65.4 Å². The molecule has 0 radical (unpaired) electrons. The van der Waals surface area contributed by atoms with Crippen LogP contribution in [0.1, 0.15) is 44.9 Å². The molecule has 0 saturated carbocycles. The molecule has 1 fully saturated rings. The van der Waals surface area contributed by atoms with Crippen molar-refractivity contribution in [2.24, 2.45) is 0 Å². The summed E-state index contributed by atoms with van der Waals surface area (Å²) in [4.78, 5) is 0. The standard InChI is InChI=1S/C30H73FO14Si7/c1-32-50(33-2,34-3)28-18-25-47(11)42-46(10,24-17-23-41-22-16-14-15-21-31)43-48(12,26-19-29-51(35-4,36-5)37-6)45-49(13,44-47)27-20-30-52(38-7,39-8)40-9/h14-30H2,1-13H3. The molecule has 1 saturated heterocycles. The van der Waals surface area contributed by atoms with Gasteiger partial charge in [0.1, 0.15) is 0 Å². The SMILES string of the molecule is CO[Si](CCC[Si]1(C)O[Si](C)(CCCOCCCCCF)O[Si](C)(CCC[Si](OC)(OC)OC)O[Si](C)(CCC[Si](OC)(OC)OC)O1)(OC)OC. The van der Waals surface area contributed by atoms with Crippen LogP contribution in [0.5, 0.6) is 0 Å². The number of hydrogen-bond acceptors (Lipinski definition) is 14. The van der Waals surface area contributed by atoms with Gasteiger partial charge in [-0.25, -0.2) is 0 Å². The molecule has 0 aromatic heterocycles. The van der Waals surface area contributed by atoms with Gasteiger partial charge in [0.25, 0.3) is 0 Å². The van der Waals surface area contributed by atoms with Crippen LogP contribution in [0.4, 0.5) is 4.39 Å². The van der Waals surface area contributed by atoms with Gasteiger partial charge in [0.05, 0.1) is 6.67 Å². The summed E-state index contributed by atoms with van der Waals surface area (Å²) in [6.07, 6.45) is 5.22. The predicted octanol–water partition coefficient (Wildman–Crippen LogP) is 6.71. The molecule has 1 aliphatic rings. The predicted molar refractivity (Wildman–Crippen MR) is 214 cm³/mol. The van der Waals surface area contributed by atoms with E-state index in [2.05, 4.69) is 26.2 Å². The maximum atomic E-state index is 12.5.